The summed E-state index contributed by atoms with van der Waals surface area (Å²) in [6, 6.07) is 1.74. The van der Waals surface area contributed by atoms with E-state index in [-0.39, 0.29) is 12.5 Å². The predicted molar refractivity (Wildman–Crippen MR) is 78.6 cm³/mol. The van der Waals surface area contributed by atoms with Gasteiger partial charge in [0, 0.05) is 30.9 Å². The third-order valence-electron chi connectivity index (χ3n) is 2.23. The van der Waals surface area contributed by atoms with Crippen molar-refractivity contribution in [2.45, 2.75) is 26.2 Å². The van der Waals surface area contributed by atoms with Gasteiger partial charge >= 0.3 is 0 Å². The molecule has 0 aliphatic rings. The largest absolute Gasteiger partial charge is 0.396 e. The molecule has 1 heterocycles. The van der Waals surface area contributed by atoms with Crippen LogP contribution in [0.5, 0.6) is 0 Å². The molecule has 0 aliphatic heterocycles. The number of hydrogen-bond acceptors (Lipinski definition) is 5. The highest BCUT2D eigenvalue weighted by molar-refractivity contribution is 7.99. The number of nitrogens with one attached hydrogen (secondary N) is 1. The monoisotopic (exact) mass is 289 g/mol. The summed E-state index contributed by atoms with van der Waals surface area (Å²) >= 11 is 7.76. The van der Waals surface area contributed by atoms with Gasteiger partial charge in [-0.15, -0.1) is 0 Å². The number of rotatable bonds is 8. The van der Waals surface area contributed by atoms with E-state index < -0.39 is 0 Å². The summed E-state index contributed by atoms with van der Waals surface area (Å²) in [5.41, 5.74) is 0. The van der Waals surface area contributed by atoms with E-state index in [2.05, 4.69) is 15.3 Å². The van der Waals surface area contributed by atoms with Gasteiger partial charge in [0.05, 0.1) is 0 Å². The zero-order valence-electron chi connectivity index (χ0n) is 10.8. The van der Waals surface area contributed by atoms with Gasteiger partial charge in [0.1, 0.15) is 16.8 Å². The van der Waals surface area contributed by atoms with E-state index in [4.69, 9.17) is 16.7 Å². The van der Waals surface area contributed by atoms with E-state index in [1.807, 2.05) is 25.6 Å². The Kier molecular flexibility index (Phi) is 7.39. The highest BCUT2D eigenvalue weighted by Gasteiger charge is 2.06. The molecular formula is C12H20ClN3OS. The molecule has 1 rings (SSSR count). The fraction of sp³-hybridized carbons (Fsp3) is 0.667. The fourth-order valence-electron chi connectivity index (χ4n) is 1.30. The first-order chi connectivity index (χ1) is 8.63. The molecule has 0 bridgehead atoms. The number of aromatic nitrogens is 2. The van der Waals surface area contributed by atoms with E-state index in [1.54, 1.807) is 6.07 Å². The number of aliphatic hydroxyl groups is 1. The normalized spacial score (nSPS) is 10.9. The van der Waals surface area contributed by atoms with Gasteiger partial charge in [-0.25, -0.2) is 9.97 Å². The van der Waals surface area contributed by atoms with Crippen LogP contribution in [0.25, 0.3) is 0 Å². The second-order valence-corrected chi connectivity index (χ2v) is 5.82. The lowest BCUT2D eigenvalue weighted by atomic mass is 10.2. The van der Waals surface area contributed by atoms with Crippen molar-refractivity contribution in [2.24, 2.45) is 0 Å². The van der Waals surface area contributed by atoms with Crippen LogP contribution in [-0.2, 0) is 0 Å². The van der Waals surface area contributed by atoms with E-state index in [9.17, 15) is 0 Å². The molecule has 2 N–H and O–H groups in total. The second kappa shape index (κ2) is 8.56. The maximum atomic E-state index is 8.65. The Morgan fingerprint density at radius 3 is 2.83 bits per heavy atom. The lowest BCUT2D eigenvalue weighted by Gasteiger charge is -2.09. The number of halogens is 1. The summed E-state index contributed by atoms with van der Waals surface area (Å²) in [4.78, 5) is 8.59. The SMILES string of the molecule is CC(C)c1nc(Cl)cc(NCCSCCCO)n1. The summed E-state index contributed by atoms with van der Waals surface area (Å²) < 4.78 is 0. The Morgan fingerprint density at radius 2 is 2.17 bits per heavy atom. The molecule has 0 unspecified atom stereocenters. The van der Waals surface area contributed by atoms with Crippen molar-refractivity contribution in [2.75, 3.05) is 30.0 Å². The van der Waals surface area contributed by atoms with Gasteiger partial charge in [-0.2, -0.15) is 11.8 Å². The number of nitrogens with zero attached hydrogens (tertiary/aromatic N) is 2. The molecule has 0 radical (unpaired) electrons. The fourth-order valence-corrected chi connectivity index (χ4v) is 2.28. The Morgan fingerprint density at radius 1 is 1.39 bits per heavy atom. The Labute approximate surface area is 118 Å². The van der Waals surface area contributed by atoms with E-state index >= 15 is 0 Å². The molecular weight excluding hydrogens is 270 g/mol. The molecule has 0 fully saturated rings. The van der Waals surface area contributed by atoms with Crippen LogP contribution in [0.2, 0.25) is 5.15 Å². The first-order valence-corrected chi connectivity index (χ1v) is 7.63. The smallest absolute Gasteiger partial charge is 0.135 e. The molecule has 1 aromatic heterocycles. The average Bonchev–Trinajstić information content (AvgIpc) is 2.33. The molecule has 0 spiro atoms. The third-order valence-corrected chi connectivity index (χ3v) is 3.49. The van der Waals surface area contributed by atoms with Gasteiger partial charge < -0.3 is 10.4 Å². The zero-order chi connectivity index (χ0) is 13.4. The molecule has 1 aromatic rings. The first-order valence-electron chi connectivity index (χ1n) is 6.10. The third kappa shape index (κ3) is 5.89. The van der Waals surface area contributed by atoms with E-state index in [0.29, 0.717) is 5.15 Å². The topological polar surface area (TPSA) is 58.0 Å². The predicted octanol–water partition coefficient (Wildman–Crippen LogP) is 2.78. The Hall–Kier alpha value is -0.520. The van der Waals surface area contributed by atoms with Gasteiger partial charge in [-0.05, 0) is 12.2 Å². The Balaban J connectivity index is 2.37. The molecule has 0 atom stereocenters. The van der Waals surface area contributed by atoms with Gasteiger partial charge in [-0.1, -0.05) is 25.4 Å². The minimum atomic E-state index is 0.264. The second-order valence-electron chi connectivity index (χ2n) is 4.21. The lowest BCUT2D eigenvalue weighted by molar-refractivity contribution is 0.296. The van der Waals surface area contributed by atoms with E-state index in [0.717, 1.165) is 36.1 Å². The quantitative estimate of drug-likeness (QED) is 0.569. The number of anilines is 1. The lowest BCUT2D eigenvalue weighted by Crippen LogP contribution is -2.09. The number of aliphatic hydroxyl groups excluding tert-OH is 1. The van der Waals surface area contributed by atoms with Crippen molar-refractivity contribution in [1.29, 1.82) is 0 Å². The molecule has 4 nitrogen and oxygen atoms in total. The van der Waals surface area contributed by atoms with Crippen LogP contribution in [0.4, 0.5) is 5.82 Å². The van der Waals surface area contributed by atoms with Crippen LogP contribution in [0.15, 0.2) is 6.07 Å². The maximum Gasteiger partial charge on any atom is 0.135 e. The van der Waals surface area contributed by atoms with Crippen molar-refractivity contribution in [1.82, 2.24) is 9.97 Å². The summed E-state index contributed by atoms with van der Waals surface area (Å²) in [6.07, 6.45) is 0.849. The summed E-state index contributed by atoms with van der Waals surface area (Å²) in [5.74, 6) is 3.78. The van der Waals surface area contributed by atoms with Gasteiger partial charge in [0.2, 0.25) is 0 Å². The number of thioether (sulfide) groups is 1. The van der Waals surface area contributed by atoms with Crippen molar-refractivity contribution < 1.29 is 5.11 Å². The molecule has 0 saturated carbocycles. The average molecular weight is 290 g/mol. The summed E-state index contributed by atoms with van der Waals surface area (Å²) in [7, 11) is 0. The maximum absolute atomic E-state index is 8.65. The van der Waals surface area contributed by atoms with Crippen molar-refractivity contribution >= 4 is 29.2 Å². The number of hydrogen-bond donors (Lipinski definition) is 2. The van der Waals surface area contributed by atoms with Gasteiger partial charge in [-0.3, -0.25) is 0 Å². The van der Waals surface area contributed by atoms with Crippen molar-refractivity contribution in [3.05, 3.63) is 17.0 Å². The van der Waals surface area contributed by atoms with Crippen LogP contribution in [0, 0.1) is 0 Å². The molecule has 0 aliphatic carbocycles. The van der Waals surface area contributed by atoms with Crippen molar-refractivity contribution in [3.63, 3.8) is 0 Å². The molecule has 0 saturated heterocycles. The zero-order valence-corrected chi connectivity index (χ0v) is 12.4. The molecule has 0 amide bonds. The Bertz CT molecular complexity index is 363. The minimum Gasteiger partial charge on any atom is -0.396 e. The van der Waals surface area contributed by atoms with Crippen LogP contribution in [-0.4, -0.2) is 39.7 Å². The molecule has 102 valence electrons. The van der Waals surface area contributed by atoms with Gasteiger partial charge in [0.15, 0.2) is 0 Å². The highest BCUT2D eigenvalue weighted by atomic mass is 35.5. The van der Waals surface area contributed by atoms with E-state index in [1.165, 1.54) is 0 Å². The summed E-state index contributed by atoms with van der Waals surface area (Å²) in [6.45, 7) is 5.18. The summed E-state index contributed by atoms with van der Waals surface area (Å²) in [5, 5.41) is 12.4. The standard InChI is InChI=1S/C12H20ClN3OS/c1-9(2)12-15-10(13)8-11(16-12)14-4-7-18-6-3-5-17/h8-9,17H,3-7H2,1-2H3,(H,14,15,16). The highest BCUT2D eigenvalue weighted by Crippen LogP contribution is 2.16. The van der Waals surface area contributed by atoms with Crippen LogP contribution < -0.4 is 5.32 Å². The molecule has 6 heteroatoms. The molecule has 0 aromatic carbocycles. The van der Waals surface area contributed by atoms with Crippen LogP contribution in [0.3, 0.4) is 0 Å². The van der Waals surface area contributed by atoms with Crippen LogP contribution in [0.1, 0.15) is 32.0 Å². The van der Waals surface area contributed by atoms with Crippen LogP contribution >= 0.6 is 23.4 Å². The molecule has 18 heavy (non-hydrogen) atoms. The first kappa shape index (κ1) is 15.5. The minimum absolute atomic E-state index is 0.264. The van der Waals surface area contributed by atoms with Gasteiger partial charge in [0.25, 0.3) is 0 Å². The van der Waals surface area contributed by atoms with Crippen molar-refractivity contribution in [3.8, 4) is 0 Å².